The summed E-state index contributed by atoms with van der Waals surface area (Å²) in [4.78, 5) is 31.0. The second-order valence-electron chi connectivity index (χ2n) is 7.25. The van der Waals surface area contributed by atoms with Gasteiger partial charge in [-0.2, -0.15) is 0 Å². The lowest BCUT2D eigenvalue weighted by atomic mass is 9.99. The summed E-state index contributed by atoms with van der Waals surface area (Å²) in [5.74, 6) is 1.85. The van der Waals surface area contributed by atoms with E-state index in [1.165, 1.54) is 5.56 Å². The molecule has 2 aliphatic rings. The number of likely N-dealkylation sites (tertiary alicyclic amines) is 1. The number of aryl methyl sites for hydroxylation is 1. The van der Waals surface area contributed by atoms with E-state index in [0.717, 1.165) is 62.5 Å². The van der Waals surface area contributed by atoms with Gasteiger partial charge >= 0.3 is 0 Å². The molecule has 2 aromatic heterocycles. The maximum atomic E-state index is 13.0. The second-order valence-corrected chi connectivity index (χ2v) is 7.25. The Kier molecular flexibility index (Phi) is 4.57. The highest BCUT2D eigenvalue weighted by Gasteiger charge is 2.32. The number of carbonyl (C=O) groups excluding carboxylic acids is 1. The molecule has 6 nitrogen and oxygen atoms in total. The lowest BCUT2D eigenvalue weighted by molar-refractivity contribution is 0.0599. The highest BCUT2D eigenvalue weighted by molar-refractivity contribution is 5.94. The molecule has 0 unspecified atom stereocenters. The van der Waals surface area contributed by atoms with Crippen LogP contribution in [-0.2, 0) is 6.42 Å². The summed E-state index contributed by atoms with van der Waals surface area (Å²) in [6.07, 6.45) is 8.53. The van der Waals surface area contributed by atoms with E-state index in [1.807, 2.05) is 11.0 Å². The van der Waals surface area contributed by atoms with Crippen LogP contribution >= 0.6 is 0 Å². The first-order valence-electron chi connectivity index (χ1n) is 9.44. The summed E-state index contributed by atoms with van der Waals surface area (Å²) < 4.78 is 0. The zero-order valence-corrected chi connectivity index (χ0v) is 15.5. The monoisotopic (exact) mass is 351 g/mol. The molecule has 0 saturated carbocycles. The maximum absolute atomic E-state index is 13.0. The Balaban J connectivity index is 1.70. The van der Waals surface area contributed by atoms with Gasteiger partial charge in [0, 0.05) is 43.8 Å². The Morgan fingerprint density at radius 1 is 1.19 bits per heavy atom. The summed E-state index contributed by atoms with van der Waals surface area (Å²) >= 11 is 0. The fourth-order valence-electron chi connectivity index (χ4n) is 4.06. The minimum atomic E-state index is -0.0595. The Bertz CT molecular complexity index is 807. The summed E-state index contributed by atoms with van der Waals surface area (Å²) in [7, 11) is 2.09. The van der Waals surface area contributed by atoms with Crippen molar-refractivity contribution < 1.29 is 4.79 Å². The van der Waals surface area contributed by atoms with Gasteiger partial charge in [-0.15, -0.1) is 0 Å². The molecule has 0 radical (unpaired) electrons. The molecule has 1 saturated heterocycles. The number of fused-ring (bicyclic) bond motifs is 1. The van der Waals surface area contributed by atoms with Crippen LogP contribution in [0.25, 0.3) is 0 Å². The average Bonchev–Trinajstić information content (AvgIpc) is 2.69. The zero-order chi connectivity index (χ0) is 18.1. The van der Waals surface area contributed by atoms with Gasteiger partial charge in [0.25, 0.3) is 5.91 Å². The number of hydrogen-bond donors (Lipinski definition) is 0. The quantitative estimate of drug-likeness (QED) is 0.832. The smallest absolute Gasteiger partial charge is 0.256 e. The topological polar surface area (TPSA) is 62.2 Å². The molecular weight excluding hydrogens is 326 g/mol. The Labute approximate surface area is 154 Å². The van der Waals surface area contributed by atoms with Gasteiger partial charge in [-0.3, -0.25) is 9.78 Å². The van der Waals surface area contributed by atoms with Crippen molar-refractivity contribution in [2.24, 2.45) is 0 Å². The Morgan fingerprint density at radius 3 is 2.88 bits per heavy atom. The number of pyridine rings is 1. The molecule has 26 heavy (non-hydrogen) atoms. The van der Waals surface area contributed by atoms with Crippen LogP contribution in [0.2, 0.25) is 0 Å². The molecule has 6 heteroatoms. The highest BCUT2D eigenvalue weighted by atomic mass is 16.2. The molecule has 0 aliphatic carbocycles. The molecule has 1 fully saturated rings. The molecular formula is C20H25N5O. The van der Waals surface area contributed by atoms with Gasteiger partial charge in [-0.1, -0.05) is 0 Å². The fraction of sp³-hybridized carbons (Fsp3) is 0.500. The highest BCUT2D eigenvalue weighted by Crippen LogP contribution is 2.33. The van der Waals surface area contributed by atoms with Crippen molar-refractivity contribution >= 4 is 11.7 Å². The summed E-state index contributed by atoms with van der Waals surface area (Å²) in [6, 6.07) is 3.57. The van der Waals surface area contributed by atoms with Gasteiger partial charge in [-0.25, -0.2) is 9.97 Å². The number of rotatable bonds is 2. The molecule has 4 heterocycles. The maximum Gasteiger partial charge on any atom is 0.256 e. The summed E-state index contributed by atoms with van der Waals surface area (Å²) in [6.45, 7) is 3.83. The van der Waals surface area contributed by atoms with Crippen molar-refractivity contribution in [3.8, 4) is 0 Å². The van der Waals surface area contributed by atoms with Crippen LogP contribution < -0.4 is 4.90 Å². The molecule has 0 bridgehead atoms. The first kappa shape index (κ1) is 16.9. The molecule has 4 rings (SSSR count). The first-order valence-corrected chi connectivity index (χ1v) is 9.44. The first-order chi connectivity index (χ1) is 12.6. The van der Waals surface area contributed by atoms with E-state index in [9.17, 15) is 4.79 Å². The number of amides is 1. The predicted molar refractivity (Wildman–Crippen MR) is 100 cm³/mol. The minimum absolute atomic E-state index is 0.0233. The molecule has 0 spiro atoms. The van der Waals surface area contributed by atoms with Crippen LogP contribution in [0.1, 0.15) is 59.2 Å². The van der Waals surface area contributed by atoms with Crippen molar-refractivity contribution in [1.82, 2.24) is 19.9 Å². The van der Waals surface area contributed by atoms with Crippen LogP contribution in [0, 0.1) is 6.92 Å². The van der Waals surface area contributed by atoms with E-state index in [-0.39, 0.29) is 11.9 Å². The van der Waals surface area contributed by atoms with Crippen LogP contribution in [0.4, 0.5) is 5.82 Å². The lowest BCUT2D eigenvalue weighted by Gasteiger charge is -2.36. The molecule has 0 N–H and O–H groups in total. The number of aromatic nitrogens is 3. The standard InChI is InChI=1S/C20H25N5O/c1-14-16-8-6-11-24(2)19(16)23-18(22-14)17-9-3-4-12-25(17)20(26)15-7-5-10-21-13-15/h5,7,10,13,17H,3-4,6,8-9,11-12H2,1-2H3/t17-/m0/s1. The molecule has 1 atom stereocenters. The van der Waals surface area contributed by atoms with Crippen LogP contribution in [0.5, 0.6) is 0 Å². The average molecular weight is 351 g/mol. The number of piperidine rings is 1. The fourth-order valence-corrected chi connectivity index (χ4v) is 4.06. The van der Waals surface area contributed by atoms with Gasteiger partial charge in [0.15, 0.2) is 5.82 Å². The van der Waals surface area contributed by atoms with Crippen LogP contribution in [-0.4, -0.2) is 45.9 Å². The van der Waals surface area contributed by atoms with Crippen molar-refractivity contribution in [3.63, 3.8) is 0 Å². The third-order valence-electron chi connectivity index (χ3n) is 5.46. The SMILES string of the molecule is Cc1nc([C@@H]2CCCCN2C(=O)c2cccnc2)nc2c1CCCN2C. The summed E-state index contributed by atoms with van der Waals surface area (Å²) in [5, 5.41) is 0. The van der Waals surface area contributed by atoms with E-state index >= 15 is 0 Å². The van der Waals surface area contributed by atoms with Crippen LogP contribution in [0.3, 0.4) is 0 Å². The number of hydrogen-bond acceptors (Lipinski definition) is 5. The van der Waals surface area contributed by atoms with Crippen molar-refractivity contribution in [3.05, 3.63) is 47.2 Å². The third kappa shape index (κ3) is 3.04. The lowest BCUT2D eigenvalue weighted by Crippen LogP contribution is -2.40. The molecule has 2 aromatic rings. The van der Waals surface area contributed by atoms with Crippen molar-refractivity contribution in [1.29, 1.82) is 0 Å². The van der Waals surface area contributed by atoms with Gasteiger partial charge < -0.3 is 9.80 Å². The van der Waals surface area contributed by atoms with Gasteiger partial charge in [0.05, 0.1) is 11.6 Å². The van der Waals surface area contributed by atoms with Crippen molar-refractivity contribution in [2.75, 3.05) is 25.0 Å². The van der Waals surface area contributed by atoms with Crippen LogP contribution in [0.15, 0.2) is 24.5 Å². The Hall–Kier alpha value is -2.50. The zero-order valence-electron chi connectivity index (χ0n) is 15.5. The van der Waals surface area contributed by atoms with E-state index < -0.39 is 0 Å². The predicted octanol–water partition coefficient (Wildman–Crippen LogP) is 2.93. The second kappa shape index (κ2) is 7.02. The van der Waals surface area contributed by atoms with Crippen molar-refractivity contribution in [2.45, 2.75) is 45.1 Å². The van der Waals surface area contributed by atoms with E-state index in [4.69, 9.17) is 9.97 Å². The van der Waals surface area contributed by atoms with Gasteiger partial charge in [-0.05, 0) is 51.2 Å². The number of nitrogens with zero attached hydrogens (tertiary/aromatic N) is 5. The number of anilines is 1. The molecule has 1 amide bonds. The van der Waals surface area contributed by atoms with Gasteiger partial charge in [0.2, 0.25) is 0 Å². The number of carbonyl (C=O) groups is 1. The Morgan fingerprint density at radius 2 is 2.08 bits per heavy atom. The third-order valence-corrected chi connectivity index (χ3v) is 5.46. The van der Waals surface area contributed by atoms with Gasteiger partial charge in [0.1, 0.15) is 5.82 Å². The summed E-state index contributed by atoms with van der Waals surface area (Å²) in [5.41, 5.74) is 2.94. The minimum Gasteiger partial charge on any atom is -0.359 e. The molecule has 0 aromatic carbocycles. The molecule has 136 valence electrons. The van der Waals surface area contributed by atoms with E-state index in [0.29, 0.717) is 5.56 Å². The normalized spacial score (nSPS) is 20.0. The van der Waals surface area contributed by atoms with E-state index in [1.54, 1.807) is 18.5 Å². The van der Waals surface area contributed by atoms with E-state index in [2.05, 4.69) is 23.9 Å². The molecule has 2 aliphatic heterocycles. The largest absolute Gasteiger partial charge is 0.359 e.